The van der Waals surface area contributed by atoms with Crippen LogP contribution in [0.2, 0.25) is 0 Å². The van der Waals surface area contributed by atoms with Crippen LogP contribution in [0.1, 0.15) is 45.6 Å². The summed E-state index contributed by atoms with van der Waals surface area (Å²) in [7, 11) is 0. The van der Waals surface area contributed by atoms with Gasteiger partial charge >= 0.3 is 0 Å². The van der Waals surface area contributed by atoms with Crippen molar-refractivity contribution in [3.8, 4) is 0 Å². The predicted molar refractivity (Wildman–Crippen MR) is 76.0 cm³/mol. The van der Waals surface area contributed by atoms with E-state index >= 15 is 0 Å². The lowest BCUT2D eigenvalue weighted by Crippen LogP contribution is -2.27. The van der Waals surface area contributed by atoms with Gasteiger partial charge in [0.05, 0.1) is 0 Å². The third-order valence-corrected chi connectivity index (χ3v) is 3.68. The van der Waals surface area contributed by atoms with Crippen LogP contribution in [0.4, 0.5) is 5.95 Å². The molecular weight excluding hydrogens is 224 g/mol. The summed E-state index contributed by atoms with van der Waals surface area (Å²) in [5.74, 6) is 1.02. The monoisotopic (exact) mass is 250 g/mol. The zero-order valence-electron chi connectivity index (χ0n) is 11.7. The number of imidazole rings is 1. The maximum atomic E-state index is 4.42. The average molecular weight is 250 g/mol. The molecule has 0 saturated carbocycles. The highest BCUT2D eigenvalue weighted by molar-refractivity contribution is 5.26. The van der Waals surface area contributed by atoms with Gasteiger partial charge in [-0.25, -0.2) is 4.98 Å². The Morgan fingerprint density at radius 3 is 2.89 bits per heavy atom. The number of aromatic nitrogens is 2. The van der Waals surface area contributed by atoms with Gasteiger partial charge in [0.2, 0.25) is 5.95 Å². The molecule has 2 rings (SSSR count). The molecule has 0 aliphatic carbocycles. The van der Waals surface area contributed by atoms with Crippen molar-refractivity contribution in [2.24, 2.45) is 0 Å². The number of unbranched alkanes of at least 4 members (excludes halogenated alkanes) is 1. The van der Waals surface area contributed by atoms with Gasteiger partial charge in [-0.2, -0.15) is 0 Å². The molecule has 1 atom stereocenters. The molecule has 1 aromatic heterocycles. The van der Waals surface area contributed by atoms with E-state index in [2.05, 4.69) is 39.8 Å². The maximum Gasteiger partial charge on any atom is 0.203 e. The van der Waals surface area contributed by atoms with Gasteiger partial charge in [-0.3, -0.25) is 0 Å². The SMILES string of the molecule is CCCCNc1nccn1C(C)CN1CCCC1. The summed E-state index contributed by atoms with van der Waals surface area (Å²) in [6.45, 7) is 9.17. The second-order valence-corrected chi connectivity index (χ2v) is 5.30. The van der Waals surface area contributed by atoms with Gasteiger partial charge in [0, 0.05) is 31.5 Å². The van der Waals surface area contributed by atoms with E-state index < -0.39 is 0 Å². The predicted octanol–water partition coefficient (Wildman–Crippen LogP) is 2.75. The van der Waals surface area contributed by atoms with Crippen LogP contribution < -0.4 is 5.32 Å². The van der Waals surface area contributed by atoms with E-state index in [-0.39, 0.29) is 0 Å². The van der Waals surface area contributed by atoms with E-state index in [9.17, 15) is 0 Å². The van der Waals surface area contributed by atoms with E-state index in [1.807, 2.05) is 6.20 Å². The van der Waals surface area contributed by atoms with Crippen molar-refractivity contribution in [2.45, 2.75) is 45.6 Å². The number of rotatable bonds is 7. The van der Waals surface area contributed by atoms with E-state index in [1.54, 1.807) is 0 Å². The summed E-state index contributed by atoms with van der Waals surface area (Å²) < 4.78 is 2.27. The zero-order chi connectivity index (χ0) is 12.8. The minimum atomic E-state index is 0.495. The number of hydrogen-bond donors (Lipinski definition) is 1. The van der Waals surface area contributed by atoms with E-state index in [0.29, 0.717) is 6.04 Å². The normalized spacial score (nSPS) is 18.1. The van der Waals surface area contributed by atoms with Crippen LogP contribution in [0, 0.1) is 0 Å². The van der Waals surface area contributed by atoms with Crippen molar-refractivity contribution in [3.63, 3.8) is 0 Å². The fourth-order valence-electron chi connectivity index (χ4n) is 2.61. The number of likely N-dealkylation sites (tertiary alicyclic amines) is 1. The minimum absolute atomic E-state index is 0.495. The molecule has 0 amide bonds. The second-order valence-electron chi connectivity index (χ2n) is 5.30. The first-order chi connectivity index (χ1) is 8.81. The summed E-state index contributed by atoms with van der Waals surface area (Å²) in [6, 6.07) is 0.495. The number of nitrogens with zero attached hydrogens (tertiary/aromatic N) is 3. The molecule has 102 valence electrons. The first-order valence-electron chi connectivity index (χ1n) is 7.30. The Morgan fingerprint density at radius 2 is 2.17 bits per heavy atom. The van der Waals surface area contributed by atoms with E-state index in [4.69, 9.17) is 0 Å². The van der Waals surface area contributed by atoms with Gasteiger partial charge in [0.1, 0.15) is 0 Å². The molecular formula is C14H26N4. The molecule has 0 spiro atoms. The van der Waals surface area contributed by atoms with Crippen LogP contribution in [-0.2, 0) is 0 Å². The van der Waals surface area contributed by atoms with Crippen molar-refractivity contribution >= 4 is 5.95 Å². The molecule has 1 aromatic rings. The Kier molecular flexibility index (Phi) is 5.05. The molecule has 4 nitrogen and oxygen atoms in total. The summed E-state index contributed by atoms with van der Waals surface area (Å²) >= 11 is 0. The molecule has 4 heteroatoms. The maximum absolute atomic E-state index is 4.42. The first-order valence-corrected chi connectivity index (χ1v) is 7.30. The quantitative estimate of drug-likeness (QED) is 0.755. The second kappa shape index (κ2) is 6.78. The molecule has 0 radical (unpaired) electrons. The van der Waals surface area contributed by atoms with Crippen molar-refractivity contribution in [2.75, 3.05) is 31.5 Å². The third kappa shape index (κ3) is 3.48. The van der Waals surface area contributed by atoms with Crippen molar-refractivity contribution in [3.05, 3.63) is 12.4 Å². The molecule has 1 N–H and O–H groups in total. The molecule has 0 aromatic carbocycles. The van der Waals surface area contributed by atoms with Crippen LogP contribution in [0.3, 0.4) is 0 Å². The lowest BCUT2D eigenvalue weighted by atomic mass is 10.3. The van der Waals surface area contributed by atoms with Crippen molar-refractivity contribution in [1.29, 1.82) is 0 Å². The van der Waals surface area contributed by atoms with Crippen molar-refractivity contribution in [1.82, 2.24) is 14.5 Å². The third-order valence-electron chi connectivity index (χ3n) is 3.68. The Hall–Kier alpha value is -1.03. The molecule has 18 heavy (non-hydrogen) atoms. The molecule has 1 fully saturated rings. The van der Waals surface area contributed by atoms with Gasteiger partial charge in [0.25, 0.3) is 0 Å². The molecule has 1 unspecified atom stereocenters. The minimum Gasteiger partial charge on any atom is -0.356 e. The van der Waals surface area contributed by atoms with Crippen LogP contribution >= 0.6 is 0 Å². The Morgan fingerprint density at radius 1 is 1.39 bits per heavy atom. The lowest BCUT2D eigenvalue weighted by Gasteiger charge is -2.22. The molecule has 1 aliphatic heterocycles. The Bertz CT molecular complexity index is 341. The molecule has 2 heterocycles. The number of hydrogen-bond acceptors (Lipinski definition) is 3. The van der Waals surface area contributed by atoms with Gasteiger partial charge in [-0.1, -0.05) is 13.3 Å². The van der Waals surface area contributed by atoms with Crippen LogP contribution in [0.25, 0.3) is 0 Å². The van der Waals surface area contributed by atoms with Crippen molar-refractivity contribution < 1.29 is 0 Å². The number of nitrogens with one attached hydrogen (secondary N) is 1. The topological polar surface area (TPSA) is 33.1 Å². The highest BCUT2D eigenvalue weighted by Crippen LogP contribution is 2.17. The smallest absolute Gasteiger partial charge is 0.203 e. The summed E-state index contributed by atoms with van der Waals surface area (Å²) in [5, 5.41) is 3.43. The Balaban J connectivity index is 1.88. The van der Waals surface area contributed by atoms with Crippen LogP contribution in [-0.4, -0.2) is 40.6 Å². The average Bonchev–Trinajstić information content (AvgIpc) is 3.00. The fourth-order valence-corrected chi connectivity index (χ4v) is 2.61. The lowest BCUT2D eigenvalue weighted by molar-refractivity contribution is 0.289. The van der Waals surface area contributed by atoms with E-state index in [0.717, 1.165) is 19.0 Å². The fraction of sp³-hybridized carbons (Fsp3) is 0.786. The van der Waals surface area contributed by atoms with Crippen LogP contribution in [0.15, 0.2) is 12.4 Å². The van der Waals surface area contributed by atoms with E-state index in [1.165, 1.54) is 38.8 Å². The van der Waals surface area contributed by atoms with Crippen LogP contribution in [0.5, 0.6) is 0 Å². The van der Waals surface area contributed by atoms with Gasteiger partial charge in [-0.15, -0.1) is 0 Å². The zero-order valence-corrected chi connectivity index (χ0v) is 11.7. The Labute approximate surface area is 110 Å². The van der Waals surface area contributed by atoms with Gasteiger partial charge < -0.3 is 14.8 Å². The van der Waals surface area contributed by atoms with Gasteiger partial charge in [-0.05, 0) is 39.3 Å². The first kappa shape index (κ1) is 13.4. The number of anilines is 1. The summed E-state index contributed by atoms with van der Waals surface area (Å²) in [5.41, 5.74) is 0. The molecule has 0 bridgehead atoms. The molecule has 1 saturated heterocycles. The highest BCUT2D eigenvalue weighted by Gasteiger charge is 2.17. The van der Waals surface area contributed by atoms with Gasteiger partial charge in [0.15, 0.2) is 0 Å². The summed E-state index contributed by atoms with van der Waals surface area (Å²) in [4.78, 5) is 6.97. The standard InChI is InChI=1S/C14H26N4/c1-3-4-7-15-14-16-8-11-18(14)13(2)12-17-9-5-6-10-17/h8,11,13H,3-7,9-10,12H2,1-2H3,(H,15,16). The highest BCUT2D eigenvalue weighted by atomic mass is 15.2. The largest absolute Gasteiger partial charge is 0.356 e. The molecule has 1 aliphatic rings. The summed E-state index contributed by atoms with van der Waals surface area (Å²) in [6.07, 6.45) is 9.13.